The molecule has 1 aromatic rings. The van der Waals surface area contributed by atoms with Gasteiger partial charge in [-0.3, -0.25) is 9.69 Å². The minimum absolute atomic E-state index is 0.0421. The van der Waals surface area contributed by atoms with Crippen molar-refractivity contribution in [1.82, 2.24) is 20.4 Å². The molecule has 0 aliphatic heterocycles. The van der Waals surface area contributed by atoms with Crippen molar-refractivity contribution in [3.05, 3.63) is 11.8 Å². The average Bonchev–Trinajstić information content (AvgIpc) is 2.81. The van der Waals surface area contributed by atoms with E-state index < -0.39 is 0 Å². The van der Waals surface area contributed by atoms with E-state index in [1.54, 1.807) is 7.05 Å². The molecule has 0 fully saturated rings. The Morgan fingerprint density at radius 1 is 1.39 bits per heavy atom. The summed E-state index contributed by atoms with van der Waals surface area (Å²) in [5, 5.41) is 10.6. The molecule has 0 unspecified atom stereocenters. The Bertz CT molecular complexity index is 376. The number of hydrogen-bond donors (Lipinski definition) is 1. The number of nitrogens with one attached hydrogen (secondary N) is 1. The van der Waals surface area contributed by atoms with Crippen LogP contribution in [0.15, 0.2) is 4.42 Å². The van der Waals surface area contributed by atoms with Gasteiger partial charge in [0.1, 0.15) is 0 Å². The minimum atomic E-state index is 0.0421. The molecule has 0 atom stereocenters. The number of aromatic nitrogens is 2. The van der Waals surface area contributed by atoms with Gasteiger partial charge in [-0.25, -0.2) is 0 Å². The van der Waals surface area contributed by atoms with Crippen LogP contribution < -0.4 is 5.32 Å². The van der Waals surface area contributed by atoms with Crippen LogP contribution in [0.4, 0.5) is 0 Å². The summed E-state index contributed by atoms with van der Waals surface area (Å²) in [5.41, 5.74) is 0. The maximum absolute atomic E-state index is 11.3. The average molecular weight is 254 g/mol. The molecule has 1 aromatic heterocycles. The van der Waals surface area contributed by atoms with Crippen molar-refractivity contribution in [2.45, 2.75) is 46.2 Å². The molecule has 0 bridgehead atoms. The molecule has 0 aliphatic carbocycles. The predicted octanol–water partition coefficient (Wildman–Crippen LogP) is 0.978. The number of hydrogen-bond acceptors (Lipinski definition) is 5. The predicted molar refractivity (Wildman–Crippen MR) is 67.9 cm³/mol. The van der Waals surface area contributed by atoms with Crippen molar-refractivity contribution in [3.63, 3.8) is 0 Å². The van der Waals surface area contributed by atoms with Crippen molar-refractivity contribution in [1.29, 1.82) is 0 Å². The van der Waals surface area contributed by atoms with E-state index in [0.717, 1.165) is 6.42 Å². The lowest BCUT2D eigenvalue weighted by molar-refractivity contribution is -0.121. The van der Waals surface area contributed by atoms with Crippen molar-refractivity contribution in [2.24, 2.45) is 0 Å². The van der Waals surface area contributed by atoms with Crippen LogP contribution in [-0.4, -0.2) is 40.6 Å². The molecule has 1 N–H and O–H groups in total. The Kier molecular flexibility index (Phi) is 5.77. The quantitative estimate of drug-likeness (QED) is 0.785. The van der Waals surface area contributed by atoms with Crippen LogP contribution in [0, 0.1) is 0 Å². The summed E-state index contributed by atoms with van der Waals surface area (Å²) < 4.78 is 5.48. The van der Waals surface area contributed by atoms with Gasteiger partial charge in [0.2, 0.25) is 17.7 Å². The summed E-state index contributed by atoms with van der Waals surface area (Å²) in [6.07, 6.45) is 1.22. The lowest BCUT2D eigenvalue weighted by Crippen LogP contribution is -2.34. The molecule has 0 spiro atoms. The van der Waals surface area contributed by atoms with Gasteiger partial charge >= 0.3 is 0 Å². The third kappa shape index (κ3) is 4.44. The second kappa shape index (κ2) is 7.10. The number of rotatable bonds is 7. The van der Waals surface area contributed by atoms with Gasteiger partial charge in [-0.2, -0.15) is 0 Å². The van der Waals surface area contributed by atoms with E-state index in [1.165, 1.54) is 0 Å². The van der Waals surface area contributed by atoms with Crippen LogP contribution in [0.1, 0.15) is 39.0 Å². The van der Waals surface area contributed by atoms with Crippen LogP contribution in [0.2, 0.25) is 0 Å². The van der Waals surface area contributed by atoms with E-state index in [0.29, 0.717) is 37.3 Å². The summed E-state index contributed by atoms with van der Waals surface area (Å²) >= 11 is 0. The fraction of sp³-hybridized carbons (Fsp3) is 0.750. The highest BCUT2D eigenvalue weighted by Gasteiger charge is 2.15. The van der Waals surface area contributed by atoms with E-state index in [-0.39, 0.29) is 5.91 Å². The van der Waals surface area contributed by atoms with Crippen molar-refractivity contribution < 1.29 is 9.21 Å². The fourth-order valence-electron chi connectivity index (χ4n) is 1.56. The lowest BCUT2D eigenvalue weighted by Gasteiger charge is -2.24. The highest BCUT2D eigenvalue weighted by molar-refractivity contribution is 5.75. The van der Waals surface area contributed by atoms with Gasteiger partial charge in [-0.1, -0.05) is 6.92 Å². The van der Waals surface area contributed by atoms with Gasteiger partial charge in [0.15, 0.2) is 0 Å². The molecular formula is C12H22N4O2. The van der Waals surface area contributed by atoms with Crippen molar-refractivity contribution in [3.8, 4) is 0 Å². The van der Waals surface area contributed by atoms with E-state index in [1.807, 2.05) is 6.92 Å². The molecule has 18 heavy (non-hydrogen) atoms. The highest BCUT2D eigenvalue weighted by atomic mass is 16.4. The van der Waals surface area contributed by atoms with E-state index in [4.69, 9.17) is 4.42 Å². The van der Waals surface area contributed by atoms with E-state index in [2.05, 4.69) is 34.3 Å². The largest absolute Gasteiger partial charge is 0.424 e. The lowest BCUT2D eigenvalue weighted by atomic mass is 10.2. The molecule has 6 nitrogen and oxygen atoms in total. The van der Waals surface area contributed by atoms with Crippen LogP contribution in [0.25, 0.3) is 0 Å². The van der Waals surface area contributed by atoms with E-state index >= 15 is 0 Å². The molecule has 1 heterocycles. The Morgan fingerprint density at radius 2 is 2.06 bits per heavy atom. The number of aryl methyl sites for hydroxylation is 1. The number of nitrogens with zero attached hydrogens (tertiary/aromatic N) is 3. The zero-order chi connectivity index (χ0) is 13.5. The van der Waals surface area contributed by atoms with Gasteiger partial charge in [0.05, 0.1) is 6.54 Å². The first kappa shape index (κ1) is 14.6. The van der Waals surface area contributed by atoms with Gasteiger partial charge < -0.3 is 9.73 Å². The Labute approximate surface area is 108 Å². The zero-order valence-electron chi connectivity index (χ0n) is 11.6. The van der Waals surface area contributed by atoms with Crippen molar-refractivity contribution in [2.75, 3.05) is 13.6 Å². The summed E-state index contributed by atoms with van der Waals surface area (Å²) in [6.45, 7) is 7.41. The SMILES string of the molecule is CCc1nnc(CN(CCC(=O)NC)C(C)C)o1. The van der Waals surface area contributed by atoms with Crippen LogP contribution in [0.3, 0.4) is 0 Å². The molecule has 0 saturated carbocycles. The van der Waals surface area contributed by atoms with Crippen LogP contribution in [0.5, 0.6) is 0 Å². The number of amides is 1. The monoisotopic (exact) mass is 254 g/mol. The van der Waals surface area contributed by atoms with Gasteiger partial charge in [-0.15, -0.1) is 10.2 Å². The summed E-state index contributed by atoms with van der Waals surface area (Å²) in [7, 11) is 1.65. The third-order valence-electron chi connectivity index (χ3n) is 2.78. The molecule has 0 saturated heterocycles. The maximum atomic E-state index is 11.3. The molecule has 0 aromatic carbocycles. The fourth-order valence-corrected chi connectivity index (χ4v) is 1.56. The Hall–Kier alpha value is -1.43. The zero-order valence-corrected chi connectivity index (χ0v) is 11.6. The maximum Gasteiger partial charge on any atom is 0.230 e. The molecule has 1 rings (SSSR count). The standard InChI is InChI=1S/C12H22N4O2/c1-5-11-14-15-12(18-11)8-16(9(2)3)7-6-10(17)13-4/h9H,5-8H2,1-4H3,(H,13,17). The molecule has 0 radical (unpaired) electrons. The van der Waals surface area contributed by atoms with Gasteiger partial charge in [-0.05, 0) is 13.8 Å². The minimum Gasteiger partial charge on any atom is -0.424 e. The van der Waals surface area contributed by atoms with E-state index in [9.17, 15) is 4.79 Å². The molecule has 0 aliphatic rings. The normalized spacial score (nSPS) is 11.2. The number of carbonyl (C=O) groups is 1. The van der Waals surface area contributed by atoms with Crippen LogP contribution >= 0.6 is 0 Å². The summed E-state index contributed by atoms with van der Waals surface area (Å²) in [6, 6.07) is 0.326. The Balaban J connectivity index is 2.54. The smallest absolute Gasteiger partial charge is 0.230 e. The highest BCUT2D eigenvalue weighted by Crippen LogP contribution is 2.08. The first-order valence-corrected chi connectivity index (χ1v) is 6.32. The van der Waals surface area contributed by atoms with Crippen molar-refractivity contribution >= 4 is 5.91 Å². The summed E-state index contributed by atoms with van der Waals surface area (Å²) in [5.74, 6) is 1.30. The number of carbonyl (C=O) groups excluding carboxylic acids is 1. The van der Waals surface area contributed by atoms with Gasteiger partial charge in [0.25, 0.3) is 0 Å². The second-order valence-corrected chi connectivity index (χ2v) is 4.43. The first-order chi connectivity index (χ1) is 8.56. The first-order valence-electron chi connectivity index (χ1n) is 6.32. The molecule has 6 heteroatoms. The Morgan fingerprint density at radius 3 is 2.56 bits per heavy atom. The molecule has 1 amide bonds. The second-order valence-electron chi connectivity index (χ2n) is 4.43. The van der Waals surface area contributed by atoms with Crippen LogP contribution in [-0.2, 0) is 17.8 Å². The molecular weight excluding hydrogens is 232 g/mol. The third-order valence-corrected chi connectivity index (χ3v) is 2.78. The molecule has 102 valence electrons. The summed E-state index contributed by atoms with van der Waals surface area (Å²) in [4.78, 5) is 13.4. The topological polar surface area (TPSA) is 71.3 Å². The van der Waals surface area contributed by atoms with Gasteiger partial charge in [0, 0.05) is 32.5 Å².